The van der Waals surface area contributed by atoms with Crippen molar-refractivity contribution in [1.29, 1.82) is 0 Å². The van der Waals surface area contributed by atoms with Crippen LogP contribution in [0.4, 0.5) is 4.79 Å². The number of aliphatic hydroxyl groups excluding tert-OH is 1. The van der Waals surface area contributed by atoms with Crippen LogP contribution in [0.3, 0.4) is 0 Å². The summed E-state index contributed by atoms with van der Waals surface area (Å²) in [4.78, 5) is 17.3. The first-order chi connectivity index (χ1) is 12.8. The van der Waals surface area contributed by atoms with Crippen molar-refractivity contribution in [3.05, 3.63) is 17.5 Å². The maximum absolute atomic E-state index is 12.1. The SMILES string of the molecule is CCOC(=O)N1CCC(NC(N)=NCC(O)CS(=O)(=O)c2cccs2)CC1. The van der Waals surface area contributed by atoms with Gasteiger partial charge in [0.2, 0.25) is 0 Å². The number of guanidine groups is 1. The van der Waals surface area contributed by atoms with Crippen LogP contribution in [0.15, 0.2) is 26.7 Å². The zero-order valence-corrected chi connectivity index (χ0v) is 16.8. The van der Waals surface area contributed by atoms with Crippen molar-refractivity contribution in [2.45, 2.75) is 36.1 Å². The number of carbonyl (C=O) groups excluding carboxylic acids is 1. The van der Waals surface area contributed by atoms with Gasteiger partial charge in [-0.15, -0.1) is 11.3 Å². The van der Waals surface area contributed by atoms with Gasteiger partial charge in [-0.2, -0.15) is 0 Å². The number of piperidine rings is 1. The monoisotopic (exact) mass is 418 g/mol. The van der Waals surface area contributed by atoms with Gasteiger partial charge in [0.15, 0.2) is 15.8 Å². The second-order valence-corrected chi connectivity index (χ2v) is 9.41. The third-order valence-electron chi connectivity index (χ3n) is 4.06. The van der Waals surface area contributed by atoms with E-state index < -0.39 is 21.7 Å². The van der Waals surface area contributed by atoms with Crippen molar-refractivity contribution in [1.82, 2.24) is 10.2 Å². The molecular weight excluding hydrogens is 392 g/mol. The molecule has 0 radical (unpaired) electrons. The van der Waals surface area contributed by atoms with E-state index >= 15 is 0 Å². The Labute approximate surface area is 163 Å². The van der Waals surface area contributed by atoms with Gasteiger partial charge in [-0.1, -0.05) is 6.07 Å². The van der Waals surface area contributed by atoms with Crippen LogP contribution in [0.25, 0.3) is 0 Å². The molecule has 1 fully saturated rings. The van der Waals surface area contributed by atoms with E-state index in [1.165, 1.54) is 6.07 Å². The molecule has 0 aromatic carbocycles. The number of nitrogens with two attached hydrogens (primary N) is 1. The first-order valence-electron chi connectivity index (χ1n) is 8.74. The van der Waals surface area contributed by atoms with E-state index in [0.717, 1.165) is 11.3 Å². The number of ether oxygens (including phenoxy) is 1. The van der Waals surface area contributed by atoms with E-state index in [2.05, 4.69) is 10.3 Å². The summed E-state index contributed by atoms with van der Waals surface area (Å²) in [6.07, 6.45) is -0.0508. The molecule has 2 rings (SSSR count). The summed E-state index contributed by atoms with van der Waals surface area (Å²) >= 11 is 1.12. The van der Waals surface area contributed by atoms with Crippen molar-refractivity contribution in [3.8, 4) is 0 Å². The number of nitrogens with zero attached hydrogens (tertiary/aromatic N) is 2. The summed E-state index contributed by atoms with van der Waals surface area (Å²) in [6, 6.07) is 3.22. The summed E-state index contributed by atoms with van der Waals surface area (Å²) in [5.41, 5.74) is 5.83. The van der Waals surface area contributed by atoms with Crippen LogP contribution in [-0.2, 0) is 14.6 Å². The molecular formula is C16H26N4O5S2. The molecule has 1 saturated heterocycles. The largest absolute Gasteiger partial charge is 0.450 e. The van der Waals surface area contributed by atoms with E-state index in [-0.39, 0.29) is 28.8 Å². The van der Waals surface area contributed by atoms with Gasteiger partial charge < -0.3 is 25.8 Å². The number of carbonyl (C=O) groups is 1. The molecule has 4 N–H and O–H groups in total. The molecule has 9 nitrogen and oxygen atoms in total. The zero-order chi connectivity index (χ0) is 19.9. The van der Waals surface area contributed by atoms with Gasteiger partial charge in [0.1, 0.15) is 4.21 Å². The molecule has 0 bridgehead atoms. The molecule has 152 valence electrons. The molecule has 0 aliphatic carbocycles. The van der Waals surface area contributed by atoms with Gasteiger partial charge >= 0.3 is 6.09 Å². The molecule has 1 unspecified atom stereocenters. The second-order valence-electron chi connectivity index (χ2n) is 6.20. The Bertz CT molecular complexity index is 728. The van der Waals surface area contributed by atoms with Gasteiger partial charge in [0, 0.05) is 19.1 Å². The fourth-order valence-corrected chi connectivity index (χ4v) is 5.18. The van der Waals surface area contributed by atoms with Gasteiger partial charge in [-0.05, 0) is 31.2 Å². The lowest BCUT2D eigenvalue weighted by Gasteiger charge is -2.31. The molecule has 0 spiro atoms. The number of nitrogens with one attached hydrogen (secondary N) is 1. The molecule has 27 heavy (non-hydrogen) atoms. The Kier molecular flexibility index (Phi) is 7.87. The van der Waals surface area contributed by atoms with Crippen molar-refractivity contribution in [2.75, 3.05) is 32.0 Å². The van der Waals surface area contributed by atoms with Crippen LogP contribution >= 0.6 is 11.3 Å². The third-order valence-corrected chi connectivity index (χ3v) is 7.34. The number of rotatable bonds is 7. The van der Waals surface area contributed by atoms with E-state index in [1.54, 1.807) is 23.3 Å². The number of amides is 1. The summed E-state index contributed by atoms with van der Waals surface area (Å²) in [6.45, 7) is 3.13. The normalized spacial score (nSPS) is 17.6. The van der Waals surface area contributed by atoms with Crippen LogP contribution < -0.4 is 11.1 Å². The van der Waals surface area contributed by atoms with E-state index in [9.17, 15) is 18.3 Å². The summed E-state index contributed by atoms with van der Waals surface area (Å²) in [5, 5.41) is 14.7. The number of hydrogen-bond donors (Lipinski definition) is 3. The second kappa shape index (κ2) is 9.90. The Morgan fingerprint density at radius 2 is 2.22 bits per heavy atom. The minimum absolute atomic E-state index is 0.0615. The highest BCUT2D eigenvalue weighted by Crippen LogP contribution is 2.18. The first-order valence-corrected chi connectivity index (χ1v) is 11.3. The summed E-state index contributed by atoms with van der Waals surface area (Å²) < 4.78 is 29.4. The first kappa shape index (κ1) is 21.5. The quantitative estimate of drug-likeness (QED) is 0.431. The standard InChI is InChI=1S/C16H26N4O5S2/c1-2-25-16(22)20-7-5-12(6-8-20)19-15(17)18-10-13(21)11-27(23,24)14-4-3-9-26-14/h3-4,9,12-13,21H,2,5-8,10-11H2,1H3,(H3,17,18,19). The summed E-state index contributed by atoms with van der Waals surface area (Å²) in [7, 11) is -3.52. The van der Waals surface area contributed by atoms with Crippen LogP contribution in [0, 0.1) is 0 Å². The average molecular weight is 419 g/mol. The average Bonchev–Trinajstić information content (AvgIpc) is 3.16. The predicted octanol–water partition coefficient (Wildman–Crippen LogP) is 0.408. The van der Waals surface area contributed by atoms with Crippen LogP contribution in [0.2, 0.25) is 0 Å². The lowest BCUT2D eigenvalue weighted by molar-refractivity contribution is 0.0963. The molecule has 1 amide bonds. The molecule has 1 aromatic rings. The van der Waals surface area contributed by atoms with Crippen LogP contribution in [0.1, 0.15) is 19.8 Å². The number of thiophene rings is 1. The molecule has 1 atom stereocenters. The van der Waals surface area contributed by atoms with Gasteiger partial charge in [0.25, 0.3) is 0 Å². The highest BCUT2D eigenvalue weighted by atomic mass is 32.2. The fourth-order valence-electron chi connectivity index (χ4n) is 2.71. The maximum Gasteiger partial charge on any atom is 0.409 e. The molecule has 1 aromatic heterocycles. The van der Waals surface area contributed by atoms with Gasteiger partial charge in [-0.3, -0.25) is 4.99 Å². The molecule has 1 aliphatic heterocycles. The maximum atomic E-state index is 12.1. The van der Waals surface area contributed by atoms with Crippen molar-refractivity contribution >= 4 is 33.2 Å². The van der Waals surface area contributed by atoms with Crippen molar-refractivity contribution in [2.24, 2.45) is 10.7 Å². The smallest absolute Gasteiger partial charge is 0.409 e. The van der Waals surface area contributed by atoms with E-state index in [4.69, 9.17) is 10.5 Å². The van der Waals surface area contributed by atoms with Gasteiger partial charge in [-0.25, -0.2) is 13.2 Å². The van der Waals surface area contributed by atoms with E-state index in [1.807, 2.05) is 0 Å². The predicted molar refractivity (Wildman–Crippen MR) is 104 cm³/mol. The lowest BCUT2D eigenvalue weighted by atomic mass is 10.1. The Balaban J connectivity index is 1.75. The molecule has 2 heterocycles. The Morgan fingerprint density at radius 1 is 1.52 bits per heavy atom. The minimum atomic E-state index is -3.52. The summed E-state index contributed by atoms with van der Waals surface area (Å²) in [5.74, 6) is -0.250. The lowest BCUT2D eigenvalue weighted by Crippen LogP contribution is -2.48. The number of aliphatic hydroxyl groups is 1. The van der Waals surface area contributed by atoms with Crippen molar-refractivity contribution < 1.29 is 23.1 Å². The highest BCUT2D eigenvalue weighted by Gasteiger charge is 2.24. The zero-order valence-electron chi connectivity index (χ0n) is 15.2. The highest BCUT2D eigenvalue weighted by molar-refractivity contribution is 7.93. The topological polar surface area (TPSA) is 134 Å². The number of aliphatic imine (C=N–C) groups is 1. The molecule has 0 saturated carbocycles. The molecule has 11 heteroatoms. The van der Waals surface area contributed by atoms with Crippen LogP contribution in [0.5, 0.6) is 0 Å². The van der Waals surface area contributed by atoms with Crippen molar-refractivity contribution in [3.63, 3.8) is 0 Å². The van der Waals surface area contributed by atoms with Crippen LogP contribution in [-0.4, -0.2) is 74.6 Å². The molecule has 1 aliphatic rings. The number of likely N-dealkylation sites (tertiary alicyclic amines) is 1. The Morgan fingerprint density at radius 3 is 2.81 bits per heavy atom. The van der Waals surface area contributed by atoms with E-state index in [0.29, 0.717) is 32.5 Å². The number of hydrogen-bond acceptors (Lipinski definition) is 7. The minimum Gasteiger partial charge on any atom is -0.450 e. The number of sulfone groups is 1. The third kappa shape index (κ3) is 6.67. The van der Waals surface area contributed by atoms with Gasteiger partial charge in [0.05, 0.1) is 25.0 Å². The Hall–Kier alpha value is -1.85. The fraction of sp³-hybridized carbons (Fsp3) is 0.625.